The third kappa shape index (κ3) is 4.56. The fraction of sp³-hybridized carbons (Fsp3) is 1.00. The molecule has 44 heavy (non-hydrogen) atoms. The van der Waals surface area contributed by atoms with Gasteiger partial charge in [0.2, 0.25) is 0 Å². The first kappa shape index (κ1) is 41.9. The van der Waals surface area contributed by atoms with Crippen LogP contribution >= 0.6 is 0 Å². The van der Waals surface area contributed by atoms with Gasteiger partial charge in [-0.05, 0) is 0 Å². The standard InChI is InChI=1S/C13F30N/c14-1(15,3(18,19)5(22,23)7(26,27)9(30,31)32)2(16,17)4(20,21)6(24,25)8(28,29)10(33,34)44(11(35,36)37,12(38,39)40)13(41,42)43/q+1. The van der Waals surface area contributed by atoms with E-state index in [1.807, 2.05) is 0 Å². The molecule has 0 aliphatic carbocycles. The average Bonchev–Trinajstić information content (AvgIpc) is 2.68. The maximum Gasteiger partial charge on any atom is 0.581 e. The summed E-state index contributed by atoms with van der Waals surface area (Å²) in [6.45, 7) is 0. The predicted octanol–water partition coefficient (Wildman–Crippen LogP) is 9.60. The van der Waals surface area contributed by atoms with E-state index < -0.39 is 83.0 Å². The molecule has 0 aromatic carbocycles. The van der Waals surface area contributed by atoms with Gasteiger partial charge in [-0.1, -0.05) is 0 Å². The van der Waals surface area contributed by atoms with Crippen LogP contribution in [0, 0.1) is 0 Å². The van der Waals surface area contributed by atoms with Crippen molar-refractivity contribution in [2.75, 3.05) is 0 Å². The second-order valence-corrected chi connectivity index (χ2v) is 7.71. The molecule has 266 valence electrons. The van der Waals surface area contributed by atoms with E-state index in [2.05, 4.69) is 0 Å². The molecule has 0 aromatic heterocycles. The van der Waals surface area contributed by atoms with Crippen LogP contribution in [0.25, 0.3) is 0 Å². The number of hydrogen-bond acceptors (Lipinski definition) is 0. The monoisotopic (exact) mass is 740 g/mol. The second-order valence-electron chi connectivity index (χ2n) is 7.71. The van der Waals surface area contributed by atoms with Gasteiger partial charge < -0.3 is 0 Å². The molecule has 0 amide bonds. The number of halogens is 30. The van der Waals surface area contributed by atoms with Crippen molar-refractivity contribution in [1.29, 1.82) is 0 Å². The van der Waals surface area contributed by atoms with Crippen LogP contribution in [0.15, 0.2) is 0 Å². The molecule has 0 spiro atoms. The predicted molar refractivity (Wildman–Crippen MR) is 69.0 cm³/mol. The fourth-order valence-corrected chi connectivity index (χ4v) is 2.67. The summed E-state index contributed by atoms with van der Waals surface area (Å²) in [6.07, 6.45) is -36.2. The molecule has 0 fully saturated rings. The largest absolute Gasteiger partial charge is 0.581 e. The van der Waals surface area contributed by atoms with Gasteiger partial charge in [0.25, 0.3) is 0 Å². The molecule has 0 N–H and O–H groups in total. The van der Waals surface area contributed by atoms with Crippen LogP contribution < -0.4 is 0 Å². The highest BCUT2D eigenvalue weighted by atomic mass is 19.5. The van der Waals surface area contributed by atoms with Crippen LogP contribution in [0.2, 0.25) is 0 Å². The number of hydrogen-bond donors (Lipinski definition) is 0. The van der Waals surface area contributed by atoms with Gasteiger partial charge in [0.15, 0.2) is 0 Å². The Hall–Kier alpha value is -2.14. The lowest BCUT2D eigenvalue weighted by molar-refractivity contribution is -1.22. The first-order chi connectivity index (χ1) is 18.2. The summed E-state index contributed by atoms with van der Waals surface area (Å²) < 4.78 is 382. The fourth-order valence-electron chi connectivity index (χ4n) is 2.67. The Bertz CT molecular complexity index is 1010. The van der Waals surface area contributed by atoms with Gasteiger partial charge in [-0.2, -0.15) is 83.4 Å². The van der Waals surface area contributed by atoms with E-state index in [-0.39, 0.29) is 0 Å². The molecule has 0 atom stereocenters. The van der Waals surface area contributed by atoms with Crippen molar-refractivity contribution >= 4 is 0 Å². The Morgan fingerprint density at radius 1 is 0.205 bits per heavy atom. The zero-order valence-electron chi connectivity index (χ0n) is 18.3. The van der Waals surface area contributed by atoms with Gasteiger partial charge in [0.05, 0.1) is 0 Å². The van der Waals surface area contributed by atoms with Crippen molar-refractivity contribution < 1.29 is 136 Å². The third-order valence-electron chi connectivity index (χ3n) is 5.06. The van der Waals surface area contributed by atoms with Gasteiger partial charge in [0.1, 0.15) is 0 Å². The summed E-state index contributed by atoms with van der Waals surface area (Å²) in [5.74, 6) is -78.1. The molecule has 0 heterocycles. The number of nitrogens with zero attached hydrogens (tertiary/aromatic N) is 1. The Morgan fingerprint density at radius 2 is 0.364 bits per heavy atom. The molecule has 0 radical (unpaired) electrons. The van der Waals surface area contributed by atoms with Gasteiger partial charge in [-0.25, -0.2) is 0 Å². The third-order valence-corrected chi connectivity index (χ3v) is 5.06. The normalized spacial score (nSPS) is 17.3. The number of rotatable bonds is 9. The van der Waals surface area contributed by atoms with Crippen LogP contribution in [0.1, 0.15) is 0 Å². The number of quaternary nitrogens is 1. The Labute approximate surface area is 216 Å². The molecule has 0 aliphatic heterocycles. The van der Waals surface area contributed by atoms with Crippen molar-refractivity contribution in [3.8, 4) is 0 Å². The second kappa shape index (κ2) is 9.69. The zero-order chi connectivity index (χ0) is 37.0. The highest BCUT2D eigenvalue weighted by Gasteiger charge is 3.05. The summed E-state index contributed by atoms with van der Waals surface area (Å²) in [5.41, 5.74) is 0. The van der Waals surface area contributed by atoms with Crippen molar-refractivity contribution in [3.63, 3.8) is 0 Å². The summed E-state index contributed by atoms with van der Waals surface area (Å²) in [7, 11) is 0. The van der Waals surface area contributed by atoms with Crippen LogP contribution in [0.4, 0.5) is 132 Å². The Morgan fingerprint density at radius 3 is 0.523 bits per heavy atom. The maximum atomic E-state index is 13.8. The highest BCUT2D eigenvalue weighted by molar-refractivity contribution is 5.17. The van der Waals surface area contributed by atoms with Gasteiger partial charge in [-0.15, -0.1) is 48.3 Å². The minimum Gasteiger partial charge on any atom is -0.192 e. The van der Waals surface area contributed by atoms with E-state index in [0.717, 1.165) is 0 Å². The van der Waals surface area contributed by atoms with Crippen molar-refractivity contribution in [1.82, 2.24) is 0 Å². The van der Waals surface area contributed by atoms with Crippen molar-refractivity contribution in [3.05, 3.63) is 0 Å². The van der Waals surface area contributed by atoms with Gasteiger partial charge in [-0.3, -0.25) is 0 Å². The van der Waals surface area contributed by atoms with Gasteiger partial charge >= 0.3 is 78.5 Å². The average molecular weight is 740 g/mol. The lowest BCUT2D eigenvalue weighted by Crippen LogP contribution is -2.86. The van der Waals surface area contributed by atoms with E-state index in [4.69, 9.17) is 0 Å². The summed E-state index contributed by atoms with van der Waals surface area (Å²) in [4.78, 5) is 0. The first-order valence-electron chi connectivity index (χ1n) is 8.81. The molecule has 0 unspecified atom stereocenters. The molecular formula is C13F30N+. The summed E-state index contributed by atoms with van der Waals surface area (Å²) in [6, 6.07) is -10.2. The lowest BCUT2D eigenvalue weighted by Gasteiger charge is -2.48. The number of alkyl halides is 30. The van der Waals surface area contributed by atoms with E-state index >= 15 is 0 Å². The van der Waals surface area contributed by atoms with Crippen molar-refractivity contribution in [2.45, 2.75) is 78.5 Å². The van der Waals surface area contributed by atoms with Crippen LogP contribution in [-0.4, -0.2) is 83.0 Å². The summed E-state index contributed by atoms with van der Waals surface area (Å²) in [5, 5.41) is 0. The minimum atomic E-state index is -10.2. The summed E-state index contributed by atoms with van der Waals surface area (Å²) >= 11 is 0. The molecule has 1 nitrogen and oxygen atoms in total. The topological polar surface area (TPSA) is 0 Å². The van der Waals surface area contributed by atoms with Crippen molar-refractivity contribution in [2.24, 2.45) is 0 Å². The minimum absolute atomic E-state index is 8.33. The highest BCUT2D eigenvalue weighted by Crippen LogP contribution is 2.69. The molecule has 31 heteroatoms. The molecule has 0 saturated carbocycles. The quantitative estimate of drug-likeness (QED) is 0.126. The first-order valence-corrected chi connectivity index (χ1v) is 8.81. The van der Waals surface area contributed by atoms with Gasteiger partial charge in [0, 0.05) is 4.48 Å². The van der Waals surface area contributed by atoms with E-state index in [1.165, 1.54) is 0 Å². The van der Waals surface area contributed by atoms with E-state index in [9.17, 15) is 132 Å². The van der Waals surface area contributed by atoms with E-state index in [1.54, 1.807) is 0 Å². The Balaban J connectivity index is 7.89. The Kier molecular flexibility index (Phi) is 9.22. The molecule has 0 rings (SSSR count). The van der Waals surface area contributed by atoms with E-state index in [0.29, 0.717) is 0 Å². The van der Waals surface area contributed by atoms with Crippen LogP contribution in [0.5, 0.6) is 0 Å². The van der Waals surface area contributed by atoms with Crippen LogP contribution in [0.3, 0.4) is 0 Å². The van der Waals surface area contributed by atoms with Crippen LogP contribution in [-0.2, 0) is 0 Å². The maximum absolute atomic E-state index is 13.8. The molecule has 0 aromatic rings. The molecule has 0 saturated heterocycles. The SMILES string of the molecule is FC(F)(F)C(F)(F)C(F)(F)C(F)(F)C(F)(F)C(F)(F)C(F)(F)C(F)(F)C(F)(F)C(F)(F)[N+](C(F)(F)F)(C(F)(F)F)C(F)(F)F. The molecular weight excluding hydrogens is 740 g/mol. The smallest absolute Gasteiger partial charge is 0.192 e. The molecule has 0 aliphatic rings. The zero-order valence-corrected chi connectivity index (χ0v) is 18.3. The lowest BCUT2D eigenvalue weighted by atomic mass is 9.86. The molecule has 0 bridgehead atoms.